The third kappa shape index (κ3) is 2.84. The third-order valence-corrected chi connectivity index (χ3v) is 3.95. The van der Waals surface area contributed by atoms with Gasteiger partial charge in [-0.05, 0) is 35.9 Å². The first-order chi connectivity index (χ1) is 10.2. The van der Waals surface area contributed by atoms with Crippen molar-refractivity contribution < 1.29 is 14.2 Å². The Morgan fingerprint density at radius 2 is 1.86 bits per heavy atom. The fourth-order valence-corrected chi connectivity index (χ4v) is 2.76. The zero-order valence-electron chi connectivity index (χ0n) is 11.6. The van der Waals surface area contributed by atoms with Crippen LogP contribution in [0.5, 0.6) is 17.2 Å². The van der Waals surface area contributed by atoms with Crippen molar-refractivity contribution in [2.45, 2.75) is 6.04 Å². The number of nitrogens with two attached hydrogens (primary N) is 1. The van der Waals surface area contributed by atoms with E-state index in [0.29, 0.717) is 13.2 Å². The Bertz CT molecular complexity index is 660. The van der Waals surface area contributed by atoms with Crippen LogP contribution in [0.4, 0.5) is 0 Å². The predicted octanol–water partition coefficient (Wildman–Crippen LogP) is 3.28. The average Bonchev–Trinajstić information content (AvgIpc) is 2.53. The Hall–Kier alpha value is -1.72. The van der Waals surface area contributed by atoms with Crippen molar-refractivity contribution in [3.63, 3.8) is 0 Å². The summed E-state index contributed by atoms with van der Waals surface area (Å²) in [6.07, 6.45) is 0. The van der Waals surface area contributed by atoms with Gasteiger partial charge in [0.1, 0.15) is 19.0 Å². The maximum Gasteiger partial charge on any atom is 0.161 e. The summed E-state index contributed by atoms with van der Waals surface area (Å²) in [6.45, 7) is 1.14. The lowest BCUT2D eigenvalue weighted by molar-refractivity contribution is 0.171. The molecule has 0 spiro atoms. The normalized spacial score (nSPS) is 14.6. The lowest BCUT2D eigenvalue weighted by Gasteiger charge is -2.21. The molecule has 1 atom stereocenters. The molecular formula is C16H16BrNO3. The predicted molar refractivity (Wildman–Crippen MR) is 84.2 cm³/mol. The Morgan fingerprint density at radius 1 is 1.10 bits per heavy atom. The van der Waals surface area contributed by atoms with E-state index in [4.69, 9.17) is 19.9 Å². The van der Waals surface area contributed by atoms with Crippen LogP contribution >= 0.6 is 15.9 Å². The van der Waals surface area contributed by atoms with Crippen LogP contribution in [0.15, 0.2) is 40.9 Å². The summed E-state index contributed by atoms with van der Waals surface area (Å²) < 4.78 is 17.5. The molecule has 4 nitrogen and oxygen atoms in total. The molecule has 1 unspecified atom stereocenters. The minimum atomic E-state index is -0.298. The van der Waals surface area contributed by atoms with Gasteiger partial charge in [0.25, 0.3) is 0 Å². The van der Waals surface area contributed by atoms with Crippen molar-refractivity contribution in [3.8, 4) is 17.2 Å². The van der Waals surface area contributed by atoms with Gasteiger partial charge in [-0.1, -0.05) is 22.0 Å². The highest BCUT2D eigenvalue weighted by atomic mass is 79.9. The molecule has 0 aromatic heterocycles. The zero-order valence-corrected chi connectivity index (χ0v) is 13.2. The van der Waals surface area contributed by atoms with Crippen molar-refractivity contribution in [2.75, 3.05) is 20.3 Å². The van der Waals surface area contributed by atoms with Crippen molar-refractivity contribution in [3.05, 3.63) is 52.0 Å². The zero-order chi connectivity index (χ0) is 14.8. The molecule has 21 heavy (non-hydrogen) atoms. The van der Waals surface area contributed by atoms with E-state index in [2.05, 4.69) is 15.9 Å². The Morgan fingerprint density at radius 3 is 2.62 bits per heavy atom. The second kappa shape index (κ2) is 5.95. The van der Waals surface area contributed by atoms with Crippen LogP contribution in [-0.4, -0.2) is 20.3 Å². The second-order valence-corrected chi connectivity index (χ2v) is 5.68. The first-order valence-corrected chi connectivity index (χ1v) is 7.47. The quantitative estimate of drug-likeness (QED) is 0.923. The van der Waals surface area contributed by atoms with E-state index in [1.54, 1.807) is 7.11 Å². The Labute approximate surface area is 131 Å². The summed E-state index contributed by atoms with van der Waals surface area (Å²) in [4.78, 5) is 0. The van der Waals surface area contributed by atoms with Gasteiger partial charge in [-0.15, -0.1) is 0 Å². The first kappa shape index (κ1) is 14.2. The van der Waals surface area contributed by atoms with E-state index in [9.17, 15) is 0 Å². The van der Waals surface area contributed by atoms with E-state index >= 15 is 0 Å². The average molecular weight is 350 g/mol. The fourth-order valence-electron chi connectivity index (χ4n) is 2.38. The molecule has 1 aliphatic heterocycles. The van der Waals surface area contributed by atoms with Crippen molar-refractivity contribution in [1.29, 1.82) is 0 Å². The van der Waals surface area contributed by atoms with Crippen molar-refractivity contribution in [2.24, 2.45) is 5.73 Å². The smallest absolute Gasteiger partial charge is 0.161 e. The molecule has 3 rings (SSSR count). The van der Waals surface area contributed by atoms with Crippen molar-refractivity contribution in [1.82, 2.24) is 0 Å². The molecule has 1 heterocycles. The van der Waals surface area contributed by atoms with Crippen LogP contribution in [0.3, 0.4) is 0 Å². The molecule has 0 saturated carbocycles. The number of hydrogen-bond donors (Lipinski definition) is 1. The summed E-state index contributed by atoms with van der Waals surface area (Å²) in [6, 6.07) is 11.3. The number of halogens is 1. The monoisotopic (exact) mass is 349 g/mol. The highest BCUT2D eigenvalue weighted by Gasteiger charge is 2.18. The summed E-state index contributed by atoms with van der Waals surface area (Å²) in [5, 5.41) is 0. The van der Waals surface area contributed by atoms with Crippen LogP contribution < -0.4 is 19.9 Å². The SMILES string of the molecule is COc1ccc(Br)cc1C(N)c1ccc2c(c1)OCCO2. The minimum Gasteiger partial charge on any atom is -0.496 e. The minimum absolute atomic E-state index is 0.298. The molecule has 0 aliphatic carbocycles. The molecule has 2 N–H and O–H groups in total. The van der Waals surface area contributed by atoms with Gasteiger partial charge in [-0.2, -0.15) is 0 Å². The van der Waals surface area contributed by atoms with E-state index in [-0.39, 0.29) is 6.04 Å². The maximum absolute atomic E-state index is 6.40. The Kier molecular flexibility index (Phi) is 4.03. The van der Waals surface area contributed by atoms with Crippen LogP contribution in [0.25, 0.3) is 0 Å². The summed E-state index contributed by atoms with van der Waals surface area (Å²) in [5.41, 5.74) is 8.27. The fraction of sp³-hybridized carbons (Fsp3) is 0.250. The van der Waals surface area contributed by atoms with E-state index in [0.717, 1.165) is 32.8 Å². The lowest BCUT2D eigenvalue weighted by atomic mass is 9.98. The standard InChI is InChI=1S/C16H16BrNO3/c1-19-13-5-3-11(17)9-12(13)16(18)10-2-4-14-15(8-10)21-7-6-20-14/h2-5,8-9,16H,6-7,18H2,1H3. The van der Waals surface area contributed by atoms with Gasteiger partial charge >= 0.3 is 0 Å². The molecule has 2 aromatic rings. The third-order valence-electron chi connectivity index (χ3n) is 3.45. The van der Waals surface area contributed by atoms with Gasteiger partial charge in [-0.25, -0.2) is 0 Å². The molecule has 0 saturated heterocycles. The summed E-state index contributed by atoms with van der Waals surface area (Å²) in [5.74, 6) is 2.27. The molecule has 0 radical (unpaired) electrons. The van der Waals surface area contributed by atoms with E-state index < -0.39 is 0 Å². The molecule has 0 amide bonds. The molecule has 1 aliphatic rings. The largest absolute Gasteiger partial charge is 0.496 e. The number of methoxy groups -OCH3 is 1. The molecule has 0 bridgehead atoms. The number of rotatable bonds is 3. The van der Waals surface area contributed by atoms with Crippen LogP contribution in [0.2, 0.25) is 0 Å². The van der Waals surface area contributed by atoms with Gasteiger partial charge in [0.05, 0.1) is 13.2 Å². The molecule has 2 aromatic carbocycles. The number of ether oxygens (including phenoxy) is 3. The van der Waals surface area contributed by atoms with E-state index in [1.807, 2.05) is 36.4 Å². The number of benzene rings is 2. The van der Waals surface area contributed by atoms with E-state index in [1.165, 1.54) is 0 Å². The molecular weight excluding hydrogens is 334 g/mol. The maximum atomic E-state index is 6.40. The van der Waals surface area contributed by atoms with Gasteiger partial charge in [0.2, 0.25) is 0 Å². The Balaban J connectivity index is 1.98. The molecule has 110 valence electrons. The first-order valence-electron chi connectivity index (χ1n) is 6.67. The van der Waals surface area contributed by atoms with Gasteiger partial charge < -0.3 is 19.9 Å². The number of fused-ring (bicyclic) bond motifs is 1. The van der Waals surface area contributed by atoms with Gasteiger partial charge in [-0.3, -0.25) is 0 Å². The summed E-state index contributed by atoms with van der Waals surface area (Å²) >= 11 is 3.47. The number of hydrogen-bond acceptors (Lipinski definition) is 4. The molecule has 0 fully saturated rings. The second-order valence-electron chi connectivity index (χ2n) is 4.77. The molecule has 5 heteroatoms. The highest BCUT2D eigenvalue weighted by Crippen LogP contribution is 2.36. The van der Waals surface area contributed by atoms with Gasteiger partial charge in [0, 0.05) is 10.0 Å². The lowest BCUT2D eigenvalue weighted by Crippen LogP contribution is -2.17. The van der Waals surface area contributed by atoms with Gasteiger partial charge in [0.15, 0.2) is 11.5 Å². The van der Waals surface area contributed by atoms with Crippen LogP contribution in [0.1, 0.15) is 17.2 Å². The topological polar surface area (TPSA) is 53.7 Å². The highest BCUT2D eigenvalue weighted by molar-refractivity contribution is 9.10. The summed E-state index contributed by atoms with van der Waals surface area (Å²) in [7, 11) is 1.64. The van der Waals surface area contributed by atoms with Crippen LogP contribution in [-0.2, 0) is 0 Å². The van der Waals surface area contributed by atoms with Crippen molar-refractivity contribution >= 4 is 15.9 Å². The van der Waals surface area contributed by atoms with Crippen LogP contribution in [0, 0.1) is 0 Å².